The molecule has 2 rings (SSSR count). The Hall–Kier alpha value is -2.35. The van der Waals surface area contributed by atoms with Crippen molar-refractivity contribution >= 4 is 12.2 Å². The molecular weight excluding hydrogens is 278 g/mol. The van der Waals surface area contributed by atoms with Crippen molar-refractivity contribution in [3.05, 3.63) is 38.4 Å². The molecule has 0 aliphatic carbocycles. The van der Waals surface area contributed by atoms with Crippen molar-refractivity contribution in [2.75, 3.05) is 13.7 Å². The van der Waals surface area contributed by atoms with Gasteiger partial charge in [0.1, 0.15) is 11.8 Å². The van der Waals surface area contributed by atoms with Crippen LogP contribution in [0.4, 0.5) is 0 Å². The molecule has 2 heterocycles. The molecule has 0 amide bonds. The van der Waals surface area contributed by atoms with E-state index >= 15 is 0 Å². The number of carbonyl (C=O) groups is 1. The van der Waals surface area contributed by atoms with Crippen LogP contribution in [0.3, 0.4) is 0 Å². The average molecular weight is 295 g/mol. The zero-order valence-corrected chi connectivity index (χ0v) is 12.1. The standard InChI is InChI=1S/C13H17N3O5/c1-4-20-12(18)10-5-9(21-15(10)3)7-16-6-8(2)11(17)14-13(16)19/h6-7,10H,4-5H2,1-3H3,(H,14,17,19)/b9-7+. The maximum absolute atomic E-state index is 11.7. The smallest absolute Gasteiger partial charge is 0.332 e. The summed E-state index contributed by atoms with van der Waals surface area (Å²) in [6.07, 6.45) is 3.15. The number of aromatic nitrogens is 2. The highest BCUT2D eigenvalue weighted by Gasteiger charge is 2.34. The van der Waals surface area contributed by atoms with E-state index in [1.54, 1.807) is 20.9 Å². The van der Waals surface area contributed by atoms with Gasteiger partial charge in [0.25, 0.3) is 5.56 Å². The van der Waals surface area contributed by atoms with Gasteiger partial charge in [-0.1, -0.05) is 0 Å². The van der Waals surface area contributed by atoms with E-state index in [2.05, 4.69) is 4.98 Å². The summed E-state index contributed by atoms with van der Waals surface area (Å²) in [7, 11) is 1.61. The first-order chi connectivity index (χ1) is 9.92. The zero-order chi connectivity index (χ0) is 15.6. The van der Waals surface area contributed by atoms with Crippen molar-refractivity contribution in [2.45, 2.75) is 26.3 Å². The van der Waals surface area contributed by atoms with Gasteiger partial charge in [-0.05, 0) is 13.8 Å². The lowest BCUT2D eigenvalue weighted by Gasteiger charge is -2.14. The minimum atomic E-state index is -0.566. The minimum absolute atomic E-state index is 0.292. The third kappa shape index (κ3) is 3.22. The van der Waals surface area contributed by atoms with E-state index in [0.29, 0.717) is 24.4 Å². The van der Waals surface area contributed by atoms with Crippen LogP contribution >= 0.6 is 0 Å². The van der Waals surface area contributed by atoms with E-state index in [-0.39, 0.29) is 5.97 Å². The molecule has 21 heavy (non-hydrogen) atoms. The van der Waals surface area contributed by atoms with Gasteiger partial charge in [0.05, 0.1) is 12.8 Å². The lowest BCUT2D eigenvalue weighted by atomic mass is 10.2. The van der Waals surface area contributed by atoms with E-state index in [9.17, 15) is 14.4 Å². The third-order valence-electron chi connectivity index (χ3n) is 3.08. The third-order valence-corrected chi connectivity index (χ3v) is 3.08. The molecular formula is C13H17N3O5. The van der Waals surface area contributed by atoms with Crippen LogP contribution in [0.15, 0.2) is 21.5 Å². The lowest BCUT2D eigenvalue weighted by molar-refractivity contribution is -0.159. The summed E-state index contributed by atoms with van der Waals surface area (Å²) in [6.45, 7) is 3.62. The molecule has 0 saturated carbocycles. The molecule has 1 N–H and O–H groups in total. The van der Waals surface area contributed by atoms with E-state index in [4.69, 9.17) is 9.57 Å². The number of rotatable bonds is 3. The number of ether oxygens (including phenoxy) is 1. The number of aromatic amines is 1. The second kappa shape index (κ2) is 5.96. The Morgan fingerprint density at radius 1 is 1.57 bits per heavy atom. The summed E-state index contributed by atoms with van der Waals surface area (Å²) in [5.41, 5.74) is -0.591. The predicted molar refractivity (Wildman–Crippen MR) is 74.2 cm³/mol. The van der Waals surface area contributed by atoms with Gasteiger partial charge in [0.2, 0.25) is 0 Å². The van der Waals surface area contributed by atoms with E-state index in [1.165, 1.54) is 22.0 Å². The predicted octanol–water partition coefficient (Wildman–Crippen LogP) is -0.158. The Kier molecular flexibility index (Phi) is 4.27. The number of hydroxylamine groups is 2. The summed E-state index contributed by atoms with van der Waals surface area (Å²) in [5, 5.41) is 1.38. The molecule has 1 atom stereocenters. The monoisotopic (exact) mass is 295 g/mol. The SMILES string of the molecule is CCOC(=O)C1C/C(=C\n2cc(C)c(=O)[nH]c2=O)ON1C. The van der Waals surface area contributed by atoms with Crippen molar-refractivity contribution in [1.29, 1.82) is 0 Å². The summed E-state index contributed by atoms with van der Waals surface area (Å²) < 4.78 is 6.17. The number of carbonyl (C=O) groups excluding carboxylic acids is 1. The molecule has 8 heteroatoms. The van der Waals surface area contributed by atoms with Gasteiger partial charge in [-0.25, -0.2) is 4.79 Å². The zero-order valence-electron chi connectivity index (χ0n) is 12.1. The Bertz CT molecular complexity index is 688. The number of esters is 1. The fourth-order valence-electron chi connectivity index (χ4n) is 1.99. The van der Waals surface area contributed by atoms with Gasteiger partial charge in [0, 0.05) is 25.2 Å². The van der Waals surface area contributed by atoms with Gasteiger partial charge in [-0.3, -0.25) is 19.1 Å². The Morgan fingerprint density at radius 3 is 2.95 bits per heavy atom. The minimum Gasteiger partial charge on any atom is -0.465 e. The van der Waals surface area contributed by atoms with Gasteiger partial charge in [-0.2, -0.15) is 0 Å². The van der Waals surface area contributed by atoms with Crippen LogP contribution in [0, 0.1) is 6.92 Å². The molecule has 1 aliphatic heterocycles. The first kappa shape index (κ1) is 15.0. The van der Waals surface area contributed by atoms with Crippen LogP contribution in [0.5, 0.6) is 0 Å². The average Bonchev–Trinajstić information content (AvgIpc) is 2.77. The molecule has 1 unspecified atom stereocenters. The molecule has 1 aliphatic rings. The largest absolute Gasteiger partial charge is 0.465 e. The second-order valence-electron chi connectivity index (χ2n) is 4.68. The molecule has 8 nitrogen and oxygen atoms in total. The first-order valence-electron chi connectivity index (χ1n) is 6.52. The Labute approximate surface area is 120 Å². The Balaban J connectivity index is 2.24. The first-order valence-corrected chi connectivity index (χ1v) is 6.52. The molecule has 1 fully saturated rings. The number of aryl methyl sites for hydroxylation is 1. The fourth-order valence-corrected chi connectivity index (χ4v) is 1.99. The van der Waals surface area contributed by atoms with Crippen LogP contribution in [0.25, 0.3) is 6.20 Å². The fraction of sp³-hybridized carbons (Fsp3) is 0.462. The number of likely N-dealkylation sites (N-methyl/N-ethyl adjacent to an activating group) is 1. The van der Waals surface area contributed by atoms with Gasteiger partial charge < -0.3 is 9.57 Å². The number of nitrogens with zero attached hydrogens (tertiary/aromatic N) is 2. The summed E-state index contributed by atoms with van der Waals surface area (Å²) in [6, 6.07) is -0.546. The van der Waals surface area contributed by atoms with Crippen LogP contribution in [-0.2, 0) is 14.4 Å². The quantitative estimate of drug-likeness (QED) is 0.779. The molecule has 0 spiro atoms. The van der Waals surface area contributed by atoms with Gasteiger partial charge in [-0.15, -0.1) is 5.06 Å². The van der Waals surface area contributed by atoms with E-state index in [0.717, 1.165) is 0 Å². The number of nitrogens with one attached hydrogen (secondary N) is 1. The molecule has 0 aromatic carbocycles. The lowest BCUT2D eigenvalue weighted by Crippen LogP contribution is -2.33. The molecule has 114 valence electrons. The highest BCUT2D eigenvalue weighted by Crippen LogP contribution is 2.23. The van der Waals surface area contributed by atoms with Crippen molar-refractivity contribution in [1.82, 2.24) is 14.6 Å². The van der Waals surface area contributed by atoms with Crippen LogP contribution in [-0.4, -0.2) is 40.3 Å². The van der Waals surface area contributed by atoms with Gasteiger partial charge >= 0.3 is 11.7 Å². The number of hydrogen-bond acceptors (Lipinski definition) is 6. The molecule has 1 aromatic heterocycles. The number of H-pyrrole nitrogens is 1. The normalized spacial score (nSPS) is 20.5. The number of hydrogen-bond donors (Lipinski definition) is 1. The van der Waals surface area contributed by atoms with Crippen LogP contribution in [0.1, 0.15) is 18.9 Å². The highest BCUT2D eigenvalue weighted by atomic mass is 16.7. The summed E-state index contributed by atoms with van der Waals surface area (Å²) in [4.78, 5) is 42.3. The van der Waals surface area contributed by atoms with Crippen molar-refractivity contribution in [2.24, 2.45) is 0 Å². The van der Waals surface area contributed by atoms with Gasteiger partial charge in [0.15, 0.2) is 0 Å². The molecule has 0 bridgehead atoms. The Morgan fingerprint density at radius 2 is 2.29 bits per heavy atom. The molecule has 1 aromatic rings. The highest BCUT2D eigenvalue weighted by molar-refractivity contribution is 5.76. The summed E-state index contributed by atoms with van der Waals surface area (Å²) in [5.74, 6) is 0.0532. The van der Waals surface area contributed by atoms with Crippen LogP contribution < -0.4 is 11.2 Å². The maximum Gasteiger partial charge on any atom is 0.332 e. The van der Waals surface area contributed by atoms with Crippen molar-refractivity contribution in [3.8, 4) is 0 Å². The molecule has 1 saturated heterocycles. The topological polar surface area (TPSA) is 93.6 Å². The van der Waals surface area contributed by atoms with E-state index < -0.39 is 17.3 Å². The van der Waals surface area contributed by atoms with Crippen LogP contribution in [0.2, 0.25) is 0 Å². The van der Waals surface area contributed by atoms with Crippen molar-refractivity contribution < 1.29 is 14.4 Å². The summed E-state index contributed by atoms with van der Waals surface area (Å²) >= 11 is 0. The van der Waals surface area contributed by atoms with Crippen molar-refractivity contribution in [3.63, 3.8) is 0 Å². The molecule has 0 radical (unpaired) electrons. The maximum atomic E-state index is 11.7. The second-order valence-corrected chi connectivity index (χ2v) is 4.68. The van der Waals surface area contributed by atoms with E-state index in [1.807, 2.05) is 0 Å².